The molecule has 0 radical (unpaired) electrons. The van der Waals surface area contributed by atoms with Gasteiger partial charge in [0, 0.05) is 13.1 Å². The van der Waals surface area contributed by atoms with Crippen molar-refractivity contribution in [2.45, 2.75) is 18.9 Å². The first kappa shape index (κ1) is 11.7. The standard InChI is InChI=1S/C14H20N4/c1-18-9-17-13-7-11(2-3-14(13)18)12(15)6-10-4-5-16-8-10/h2-3,7,9-10,12,16H,4-6,8,15H2,1H3. The fourth-order valence-electron chi connectivity index (χ4n) is 2.79. The molecule has 0 spiro atoms. The summed E-state index contributed by atoms with van der Waals surface area (Å²) in [5, 5.41) is 3.39. The van der Waals surface area contributed by atoms with Crippen molar-refractivity contribution in [2.24, 2.45) is 18.7 Å². The number of aromatic nitrogens is 2. The Bertz CT molecular complexity index is 540. The monoisotopic (exact) mass is 244 g/mol. The van der Waals surface area contributed by atoms with E-state index in [1.807, 2.05) is 17.9 Å². The molecule has 1 aliphatic rings. The molecule has 0 saturated carbocycles. The summed E-state index contributed by atoms with van der Waals surface area (Å²) in [6, 6.07) is 6.51. The number of hydrogen-bond donors (Lipinski definition) is 2. The van der Waals surface area contributed by atoms with Crippen LogP contribution in [0, 0.1) is 5.92 Å². The third-order valence-corrected chi connectivity index (χ3v) is 3.93. The minimum absolute atomic E-state index is 0.126. The maximum absolute atomic E-state index is 6.31. The number of rotatable bonds is 3. The predicted octanol–water partition coefficient (Wildman–Crippen LogP) is 1.57. The van der Waals surface area contributed by atoms with E-state index >= 15 is 0 Å². The maximum Gasteiger partial charge on any atom is 0.0955 e. The van der Waals surface area contributed by atoms with E-state index in [-0.39, 0.29) is 6.04 Å². The Balaban J connectivity index is 1.80. The summed E-state index contributed by atoms with van der Waals surface area (Å²) < 4.78 is 2.03. The van der Waals surface area contributed by atoms with Crippen LogP contribution in [0.25, 0.3) is 11.0 Å². The van der Waals surface area contributed by atoms with Gasteiger partial charge in [0.05, 0.1) is 17.4 Å². The Morgan fingerprint density at radius 3 is 3.22 bits per heavy atom. The molecule has 0 amide bonds. The van der Waals surface area contributed by atoms with Crippen molar-refractivity contribution in [3.05, 3.63) is 30.1 Å². The van der Waals surface area contributed by atoms with Crippen molar-refractivity contribution in [2.75, 3.05) is 13.1 Å². The van der Waals surface area contributed by atoms with Crippen molar-refractivity contribution in [3.8, 4) is 0 Å². The van der Waals surface area contributed by atoms with E-state index in [0.717, 1.165) is 36.5 Å². The van der Waals surface area contributed by atoms with Gasteiger partial charge in [0.1, 0.15) is 0 Å². The second-order valence-electron chi connectivity index (χ2n) is 5.30. The predicted molar refractivity (Wildman–Crippen MR) is 73.2 cm³/mol. The zero-order chi connectivity index (χ0) is 12.5. The van der Waals surface area contributed by atoms with Crippen molar-refractivity contribution in [3.63, 3.8) is 0 Å². The summed E-state index contributed by atoms with van der Waals surface area (Å²) in [5.74, 6) is 0.722. The van der Waals surface area contributed by atoms with Gasteiger partial charge in [-0.15, -0.1) is 0 Å². The molecule has 1 aliphatic heterocycles. The van der Waals surface area contributed by atoms with Gasteiger partial charge in [-0.25, -0.2) is 4.98 Å². The van der Waals surface area contributed by atoms with Crippen LogP contribution in [-0.2, 0) is 7.05 Å². The molecule has 3 N–H and O–H groups in total. The second kappa shape index (κ2) is 4.71. The van der Waals surface area contributed by atoms with E-state index in [2.05, 4.69) is 28.5 Å². The fraction of sp³-hybridized carbons (Fsp3) is 0.500. The Labute approximate surface area is 107 Å². The van der Waals surface area contributed by atoms with Crippen LogP contribution >= 0.6 is 0 Å². The smallest absolute Gasteiger partial charge is 0.0955 e. The van der Waals surface area contributed by atoms with Crippen LogP contribution in [0.2, 0.25) is 0 Å². The van der Waals surface area contributed by atoms with Crippen LogP contribution < -0.4 is 11.1 Å². The lowest BCUT2D eigenvalue weighted by molar-refractivity contribution is 0.473. The number of fused-ring (bicyclic) bond motifs is 1. The first-order valence-electron chi connectivity index (χ1n) is 6.61. The molecule has 2 heterocycles. The van der Waals surface area contributed by atoms with Gasteiger partial charge in [-0.1, -0.05) is 6.07 Å². The van der Waals surface area contributed by atoms with Crippen molar-refractivity contribution >= 4 is 11.0 Å². The summed E-state index contributed by atoms with van der Waals surface area (Å²) >= 11 is 0. The van der Waals surface area contributed by atoms with Gasteiger partial charge >= 0.3 is 0 Å². The van der Waals surface area contributed by atoms with Crippen LogP contribution in [0.15, 0.2) is 24.5 Å². The lowest BCUT2D eigenvalue weighted by Crippen LogP contribution is -2.17. The molecule has 2 aromatic rings. The number of nitrogens with two attached hydrogens (primary N) is 1. The summed E-state index contributed by atoms with van der Waals surface area (Å²) in [5.41, 5.74) is 9.71. The number of nitrogens with zero attached hydrogens (tertiary/aromatic N) is 2. The molecule has 18 heavy (non-hydrogen) atoms. The molecule has 3 rings (SSSR count). The fourth-order valence-corrected chi connectivity index (χ4v) is 2.79. The molecule has 0 bridgehead atoms. The Morgan fingerprint density at radius 2 is 2.44 bits per heavy atom. The van der Waals surface area contributed by atoms with Crippen LogP contribution in [0.1, 0.15) is 24.4 Å². The number of benzene rings is 1. The van der Waals surface area contributed by atoms with Crippen LogP contribution in [0.4, 0.5) is 0 Å². The van der Waals surface area contributed by atoms with Gasteiger partial charge in [0.2, 0.25) is 0 Å². The number of nitrogens with one attached hydrogen (secondary N) is 1. The normalized spacial score (nSPS) is 21.6. The molecular weight excluding hydrogens is 224 g/mol. The van der Waals surface area contributed by atoms with E-state index in [1.165, 1.54) is 12.0 Å². The summed E-state index contributed by atoms with van der Waals surface area (Å²) in [7, 11) is 2.01. The molecule has 1 fully saturated rings. The van der Waals surface area contributed by atoms with Gasteiger partial charge in [0.25, 0.3) is 0 Å². The molecule has 0 aliphatic carbocycles. The average molecular weight is 244 g/mol. The third-order valence-electron chi connectivity index (χ3n) is 3.93. The minimum atomic E-state index is 0.126. The molecule has 2 atom stereocenters. The summed E-state index contributed by atoms with van der Waals surface area (Å²) in [6.07, 6.45) is 4.16. The molecule has 1 aromatic heterocycles. The highest BCUT2D eigenvalue weighted by Crippen LogP contribution is 2.25. The number of imidazole rings is 1. The highest BCUT2D eigenvalue weighted by atomic mass is 15.0. The topological polar surface area (TPSA) is 55.9 Å². The van der Waals surface area contributed by atoms with E-state index in [0.29, 0.717) is 0 Å². The molecule has 1 saturated heterocycles. The van der Waals surface area contributed by atoms with E-state index in [9.17, 15) is 0 Å². The van der Waals surface area contributed by atoms with Crippen LogP contribution in [0.3, 0.4) is 0 Å². The summed E-state index contributed by atoms with van der Waals surface area (Å²) in [6.45, 7) is 2.25. The lowest BCUT2D eigenvalue weighted by Gasteiger charge is -2.16. The zero-order valence-corrected chi connectivity index (χ0v) is 10.8. The van der Waals surface area contributed by atoms with Gasteiger partial charge < -0.3 is 15.6 Å². The lowest BCUT2D eigenvalue weighted by atomic mass is 9.94. The second-order valence-corrected chi connectivity index (χ2v) is 5.30. The van der Waals surface area contributed by atoms with E-state index in [4.69, 9.17) is 5.73 Å². The largest absolute Gasteiger partial charge is 0.334 e. The molecule has 4 heteroatoms. The Hall–Kier alpha value is -1.39. The SMILES string of the molecule is Cn1cnc2cc(C(N)CC3CCNC3)ccc21. The highest BCUT2D eigenvalue weighted by molar-refractivity contribution is 5.76. The first-order valence-corrected chi connectivity index (χ1v) is 6.61. The van der Waals surface area contributed by atoms with E-state index in [1.54, 1.807) is 0 Å². The minimum Gasteiger partial charge on any atom is -0.334 e. The zero-order valence-electron chi connectivity index (χ0n) is 10.8. The van der Waals surface area contributed by atoms with Crippen molar-refractivity contribution < 1.29 is 0 Å². The van der Waals surface area contributed by atoms with E-state index < -0.39 is 0 Å². The van der Waals surface area contributed by atoms with Gasteiger partial charge in [-0.05, 0) is 49.5 Å². The number of hydrogen-bond acceptors (Lipinski definition) is 3. The average Bonchev–Trinajstić information content (AvgIpc) is 2.99. The Morgan fingerprint density at radius 1 is 1.56 bits per heavy atom. The summed E-state index contributed by atoms with van der Waals surface area (Å²) in [4.78, 5) is 4.39. The van der Waals surface area contributed by atoms with Gasteiger partial charge in [-0.2, -0.15) is 0 Å². The van der Waals surface area contributed by atoms with Crippen LogP contribution in [0.5, 0.6) is 0 Å². The highest BCUT2D eigenvalue weighted by Gasteiger charge is 2.19. The quantitative estimate of drug-likeness (QED) is 0.861. The molecule has 96 valence electrons. The molecule has 2 unspecified atom stereocenters. The molecule has 4 nitrogen and oxygen atoms in total. The number of aryl methyl sites for hydroxylation is 1. The molecular formula is C14H20N4. The van der Waals surface area contributed by atoms with Gasteiger partial charge in [-0.3, -0.25) is 0 Å². The molecule has 1 aromatic carbocycles. The maximum atomic E-state index is 6.31. The van der Waals surface area contributed by atoms with Crippen molar-refractivity contribution in [1.82, 2.24) is 14.9 Å². The van der Waals surface area contributed by atoms with Crippen molar-refractivity contribution in [1.29, 1.82) is 0 Å². The third kappa shape index (κ3) is 2.13. The Kier molecular flexibility index (Phi) is 3.06. The van der Waals surface area contributed by atoms with Gasteiger partial charge in [0.15, 0.2) is 0 Å². The first-order chi connectivity index (χ1) is 8.74. The van der Waals surface area contributed by atoms with Crippen LogP contribution in [-0.4, -0.2) is 22.6 Å².